The molecule has 2 aromatic carbocycles. The van der Waals surface area contributed by atoms with Gasteiger partial charge in [0.2, 0.25) is 5.88 Å². The van der Waals surface area contributed by atoms with E-state index in [1.54, 1.807) is 79.6 Å². The van der Waals surface area contributed by atoms with Gasteiger partial charge in [0, 0.05) is 30.2 Å². The van der Waals surface area contributed by atoms with Crippen molar-refractivity contribution in [3.05, 3.63) is 73.1 Å². The number of hydrogen-bond acceptors (Lipinski definition) is 8. The molecule has 0 aliphatic rings. The van der Waals surface area contributed by atoms with Crippen LogP contribution in [-0.4, -0.2) is 41.2 Å². The van der Waals surface area contributed by atoms with E-state index in [0.717, 1.165) is 0 Å². The van der Waals surface area contributed by atoms with E-state index in [2.05, 4.69) is 19.7 Å². The summed E-state index contributed by atoms with van der Waals surface area (Å²) in [6.07, 6.45) is 5.06. The van der Waals surface area contributed by atoms with Crippen LogP contribution in [-0.2, 0) is 10.0 Å². The Balaban J connectivity index is 1.52. The second kappa shape index (κ2) is 10.4. The Morgan fingerprint density at radius 2 is 1.69 bits per heavy atom. The normalized spacial score (nSPS) is 11.2. The molecule has 0 amide bonds. The van der Waals surface area contributed by atoms with Crippen molar-refractivity contribution >= 4 is 15.7 Å². The summed E-state index contributed by atoms with van der Waals surface area (Å²) in [5, 5.41) is 0. The van der Waals surface area contributed by atoms with Crippen LogP contribution in [0.5, 0.6) is 23.1 Å². The summed E-state index contributed by atoms with van der Waals surface area (Å²) in [5.41, 5.74) is 0.361. The van der Waals surface area contributed by atoms with Crippen LogP contribution in [0.15, 0.2) is 72.1 Å². The SMILES string of the molecule is CCOc1ccc(OCC)c(S(=O)(=O)Nc2ccc(Oc3cc(-n4ccnc4)nc(C)n3)cc2)c1. The summed E-state index contributed by atoms with van der Waals surface area (Å²) in [5.74, 6) is 2.68. The van der Waals surface area contributed by atoms with Crippen molar-refractivity contribution in [1.82, 2.24) is 19.5 Å². The highest BCUT2D eigenvalue weighted by Crippen LogP contribution is 2.31. The molecule has 0 saturated carbocycles. The molecular formula is C24H25N5O5S. The number of hydrogen-bond donors (Lipinski definition) is 1. The Morgan fingerprint density at radius 3 is 2.37 bits per heavy atom. The third-order valence-electron chi connectivity index (χ3n) is 4.71. The fourth-order valence-electron chi connectivity index (χ4n) is 3.26. The number of imidazole rings is 1. The van der Waals surface area contributed by atoms with Gasteiger partial charge in [-0.05, 0) is 57.2 Å². The maximum Gasteiger partial charge on any atom is 0.265 e. The zero-order chi connectivity index (χ0) is 24.8. The molecule has 182 valence electrons. The van der Waals surface area contributed by atoms with Crippen LogP contribution in [0.4, 0.5) is 5.69 Å². The largest absolute Gasteiger partial charge is 0.494 e. The lowest BCUT2D eigenvalue weighted by Crippen LogP contribution is -2.14. The standard InChI is InChI=1S/C24H25N5O5S/c1-4-32-20-10-11-21(33-5-2)22(14-20)35(30,31)28-18-6-8-19(9-7-18)34-24-15-23(26-17(3)27-24)29-13-12-25-16-29/h6-16,28H,4-5H2,1-3H3. The number of nitrogens with one attached hydrogen (secondary N) is 1. The fraction of sp³-hybridized carbons (Fsp3) is 0.208. The molecule has 0 aliphatic carbocycles. The molecular weight excluding hydrogens is 470 g/mol. The van der Waals surface area contributed by atoms with Gasteiger partial charge in [-0.2, -0.15) is 4.98 Å². The lowest BCUT2D eigenvalue weighted by molar-refractivity contribution is 0.322. The Morgan fingerprint density at radius 1 is 0.943 bits per heavy atom. The van der Waals surface area contributed by atoms with E-state index in [9.17, 15) is 8.42 Å². The maximum absolute atomic E-state index is 13.1. The van der Waals surface area contributed by atoms with Crippen molar-refractivity contribution in [2.45, 2.75) is 25.7 Å². The molecule has 0 radical (unpaired) electrons. The molecule has 0 saturated heterocycles. The first-order chi connectivity index (χ1) is 16.9. The third kappa shape index (κ3) is 5.87. The fourth-order valence-corrected chi connectivity index (χ4v) is 4.48. The first-order valence-electron chi connectivity index (χ1n) is 10.9. The third-order valence-corrected chi connectivity index (χ3v) is 6.12. The van der Waals surface area contributed by atoms with Crippen LogP contribution in [0.25, 0.3) is 5.82 Å². The van der Waals surface area contributed by atoms with Crippen molar-refractivity contribution < 1.29 is 22.6 Å². The quantitative estimate of drug-likeness (QED) is 0.345. The van der Waals surface area contributed by atoms with Gasteiger partial charge in [0.1, 0.15) is 40.1 Å². The molecule has 4 aromatic rings. The van der Waals surface area contributed by atoms with E-state index in [1.807, 2.05) is 6.92 Å². The van der Waals surface area contributed by atoms with Gasteiger partial charge in [0.25, 0.3) is 10.0 Å². The second-order valence-corrected chi connectivity index (χ2v) is 8.94. The molecule has 0 fully saturated rings. The molecule has 35 heavy (non-hydrogen) atoms. The van der Waals surface area contributed by atoms with Crippen LogP contribution >= 0.6 is 0 Å². The molecule has 0 unspecified atom stereocenters. The maximum atomic E-state index is 13.1. The molecule has 2 aromatic heterocycles. The smallest absolute Gasteiger partial charge is 0.265 e. The zero-order valence-corrected chi connectivity index (χ0v) is 20.3. The van der Waals surface area contributed by atoms with Crippen LogP contribution in [0.2, 0.25) is 0 Å². The molecule has 0 spiro atoms. The Bertz CT molecular complexity index is 1390. The summed E-state index contributed by atoms with van der Waals surface area (Å²) in [6.45, 7) is 6.12. The Labute approximate surface area is 203 Å². The summed E-state index contributed by atoms with van der Waals surface area (Å²) in [6, 6.07) is 12.9. The summed E-state index contributed by atoms with van der Waals surface area (Å²) >= 11 is 0. The van der Waals surface area contributed by atoms with Gasteiger partial charge in [-0.1, -0.05) is 0 Å². The summed E-state index contributed by atoms with van der Waals surface area (Å²) < 4.78 is 47.4. The molecule has 1 N–H and O–H groups in total. The number of aromatic nitrogens is 4. The number of ether oxygens (including phenoxy) is 3. The van der Waals surface area contributed by atoms with Crippen LogP contribution in [0.3, 0.4) is 0 Å². The van der Waals surface area contributed by atoms with Crippen LogP contribution in [0.1, 0.15) is 19.7 Å². The van der Waals surface area contributed by atoms with E-state index >= 15 is 0 Å². The molecule has 11 heteroatoms. The zero-order valence-electron chi connectivity index (χ0n) is 19.5. The number of anilines is 1. The predicted molar refractivity (Wildman–Crippen MR) is 130 cm³/mol. The van der Waals surface area contributed by atoms with Gasteiger partial charge in [-0.15, -0.1) is 0 Å². The molecule has 2 heterocycles. The van der Waals surface area contributed by atoms with Crippen molar-refractivity contribution in [2.75, 3.05) is 17.9 Å². The van der Waals surface area contributed by atoms with E-state index in [1.165, 1.54) is 6.07 Å². The predicted octanol–water partition coefficient (Wildman–Crippen LogP) is 4.36. The first kappa shape index (κ1) is 24.0. The van der Waals surface area contributed by atoms with Crippen molar-refractivity contribution in [1.29, 1.82) is 0 Å². The van der Waals surface area contributed by atoms with E-state index in [-0.39, 0.29) is 10.6 Å². The van der Waals surface area contributed by atoms with Crippen molar-refractivity contribution in [2.24, 2.45) is 0 Å². The Hall–Kier alpha value is -4.12. The van der Waals surface area contributed by atoms with Gasteiger partial charge in [0.15, 0.2) is 0 Å². The molecule has 0 atom stereocenters. The van der Waals surface area contributed by atoms with Crippen LogP contribution in [0, 0.1) is 6.92 Å². The molecule has 0 bridgehead atoms. The average molecular weight is 496 g/mol. The lowest BCUT2D eigenvalue weighted by atomic mass is 10.3. The van der Waals surface area contributed by atoms with E-state index < -0.39 is 10.0 Å². The Kier molecular flexibility index (Phi) is 7.16. The van der Waals surface area contributed by atoms with Gasteiger partial charge >= 0.3 is 0 Å². The summed E-state index contributed by atoms with van der Waals surface area (Å²) in [4.78, 5) is 12.7. The number of sulfonamides is 1. The van der Waals surface area contributed by atoms with Gasteiger partial charge in [0.05, 0.1) is 13.2 Å². The lowest BCUT2D eigenvalue weighted by Gasteiger charge is -2.14. The van der Waals surface area contributed by atoms with Gasteiger partial charge in [-0.25, -0.2) is 18.4 Å². The van der Waals surface area contributed by atoms with Gasteiger partial charge in [-0.3, -0.25) is 9.29 Å². The average Bonchev–Trinajstić information content (AvgIpc) is 3.36. The highest BCUT2D eigenvalue weighted by Gasteiger charge is 2.21. The first-order valence-corrected chi connectivity index (χ1v) is 12.4. The minimum absolute atomic E-state index is 0.00545. The van der Waals surface area contributed by atoms with Gasteiger partial charge < -0.3 is 14.2 Å². The monoisotopic (exact) mass is 495 g/mol. The highest BCUT2D eigenvalue weighted by atomic mass is 32.2. The number of benzene rings is 2. The number of aryl methyl sites for hydroxylation is 1. The molecule has 10 nitrogen and oxygen atoms in total. The van der Waals surface area contributed by atoms with E-state index in [4.69, 9.17) is 14.2 Å². The molecule has 4 rings (SSSR count). The van der Waals surface area contributed by atoms with E-state index in [0.29, 0.717) is 47.9 Å². The topological polar surface area (TPSA) is 117 Å². The second-order valence-electron chi connectivity index (χ2n) is 7.29. The number of nitrogens with zero attached hydrogens (tertiary/aromatic N) is 4. The molecule has 0 aliphatic heterocycles. The van der Waals surface area contributed by atoms with Crippen molar-refractivity contribution in [3.8, 4) is 28.9 Å². The highest BCUT2D eigenvalue weighted by molar-refractivity contribution is 7.92. The minimum Gasteiger partial charge on any atom is -0.494 e. The van der Waals surface area contributed by atoms with Crippen LogP contribution < -0.4 is 18.9 Å². The van der Waals surface area contributed by atoms with Crippen molar-refractivity contribution in [3.63, 3.8) is 0 Å². The minimum atomic E-state index is -3.94. The number of rotatable bonds is 10. The summed E-state index contributed by atoms with van der Waals surface area (Å²) in [7, 11) is -3.94.